The van der Waals surface area contributed by atoms with Gasteiger partial charge in [-0.25, -0.2) is 0 Å². The number of fused-ring (bicyclic) bond motifs is 1. The largest absolute Gasteiger partial charge is 0.373 e. The van der Waals surface area contributed by atoms with Gasteiger partial charge in [0.25, 0.3) is 0 Å². The van der Waals surface area contributed by atoms with Crippen LogP contribution in [0.25, 0.3) is 0 Å². The fourth-order valence-electron chi connectivity index (χ4n) is 3.49. The number of ether oxygens (including phenoxy) is 2. The van der Waals surface area contributed by atoms with E-state index in [9.17, 15) is 4.79 Å². The summed E-state index contributed by atoms with van der Waals surface area (Å²) in [6.45, 7) is 2.78. The van der Waals surface area contributed by atoms with Crippen molar-refractivity contribution in [2.45, 2.75) is 37.6 Å². The van der Waals surface area contributed by atoms with E-state index in [1.807, 2.05) is 6.07 Å². The summed E-state index contributed by atoms with van der Waals surface area (Å²) in [6, 6.07) is 10.9. The van der Waals surface area contributed by atoms with Crippen molar-refractivity contribution in [2.75, 3.05) is 33.9 Å². The van der Waals surface area contributed by atoms with Crippen LogP contribution in [0, 0.1) is 0 Å². The number of benzene rings is 1. The molecule has 1 saturated heterocycles. The summed E-state index contributed by atoms with van der Waals surface area (Å²) in [5, 5.41) is 0. The van der Waals surface area contributed by atoms with E-state index >= 15 is 0 Å². The molecule has 0 radical (unpaired) electrons. The van der Waals surface area contributed by atoms with Gasteiger partial charge in [0.2, 0.25) is 5.91 Å². The molecule has 1 aromatic carbocycles. The van der Waals surface area contributed by atoms with Crippen molar-refractivity contribution in [3.05, 3.63) is 35.9 Å². The Morgan fingerprint density at radius 2 is 2.09 bits per heavy atom. The van der Waals surface area contributed by atoms with Gasteiger partial charge < -0.3 is 14.4 Å². The van der Waals surface area contributed by atoms with Gasteiger partial charge in [0.15, 0.2) is 0 Å². The van der Waals surface area contributed by atoms with E-state index in [-0.39, 0.29) is 24.7 Å². The highest BCUT2D eigenvalue weighted by Gasteiger charge is 2.43. The van der Waals surface area contributed by atoms with Crippen LogP contribution in [0.1, 0.15) is 18.4 Å². The molecule has 126 valence electrons. The molecule has 1 aromatic rings. The van der Waals surface area contributed by atoms with Crippen LogP contribution in [0.2, 0.25) is 0 Å². The van der Waals surface area contributed by atoms with Gasteiger partial charge in [-0.1, -0.05) is 30.3 Å². The lowest BCUT2D eigenvalue weighted by Crippen LogP contribution is -2.51. The molecule has 0 spiro atoms. The minimum Gasteiger partial charge on any atom is -0.373 e. The number of hydrogen-bond donors (Lipinski definition) is 0. The molecule has 1 saturated carbocycles. The summed E-state index contributed by atoms with van der Waals surface area (Å²) in [7, 11) is 3.50. The van der Waals surface area contributed by atoms with Crippen LogP contribution >= 0.6 is 0 Å². The van der Waals surface area contributed by atoms with Crippen molar-refractivity contribution in [2.24, 2.45) is 0 Å². The fraction of sp³-hybridized carbons (Fsp3) is 0.611. The minimum atomic E-state index is 0.00500. The average Bonchev–Trinajstić information content (AvgIpc) is 2.98. The first-order valence-corrected chi connectivity index (χ1v) is 8.36. The summed E-state index contributed by atoms with van der Waals surface area (Å²) in [6.07, 6.45) is 2.14. The molecule has 3 atom stereocenters. The van der Waals surface area contributed by atoms with Crippen molar-refractivity contribution in [1.29, 1.82) is 0 Å². The Morgan fingerprint density at radius 1 is 1.30 bits per heavy atom. The standard InChI is InChI=1S/C18H26N2O3/c1-19(2)17(21)13-23-16-9-8-15-18(16)22-11-10-20(15)12-14-6-4-3-5-7-14/h3-7,15-16,18H,8-13H2,1-2H3/t15-,16+,18+/m0/s1. The topological polar surface area (TPSA) is 42.0 Å². The highest BCUT2D eigenvalue weighted by Crippen LogP contribution is 2.33. The predicted octanol–water partition coefficient (Wildman–Crippen LogP) is 1.52. The first kappa shape index (κ1) is 16.4. The summed E-state index contributed by atoms with van der Waals surface area (Å²) >= 11 is 0. The third-order valence-corrected chi connectivity index (χ3v) is 4.80. The maximum Gasteiger partial charge on any atom is 0.248 e. The van der Waals surface area contributed by atoms with Crippen molar-refractivity contribution in [3.8, 4) is 0 Å². The molecule has 1 aliphatic carbocycles. The van der Waals surface area contributed by atoms with E-state index in [1.54, 1.807) is 19.0 Å². The highest BCUT2D eigenvalue weighted by molar-refractivity contribution is 5.76. The molecule has 1 amide bonds. The molecular weight excluding hydrogens is 292 g/mol. The third-order valence-electron chi connectivity index (χ3n) is 4.80. The zero-order valence-electron chi connectivity index (χ0n) is 14.0. The van der Waals surface area contributed by atoms with Gasteiger partial charge in [-0.2, -0.15) is 0 Å². The van der Waals surface area contributed by atoms with E-state index in [2.05, 4.69) is 29.2 Å². The molecule has 2 fully saturated rings. The number of carbonyl (C=O) groups is 1. The Hall–Kier alpha value is -1.43. The fourth-order valence-corrected chi connectivity index (χ4v) is 3.49. The second-order valence-electron chi connectivity index (χ2n) is 6.57. The lowest BCUT2D eigenvalue weighted by molar-refractivity contribution is -0.144. The number of rotatable bonds is 5. The molecule has 23 heavy (non-hydrogen) atoms. The summed E-state index contributed by atoms with van der Waals surface area (Å²) < 4.78 is 11.8. The number of morpholine rings is 1. The Kier molecular flexibility index (Phi) is 5.30. The normalized spacial score (nSPS) is 27.7. The third kappa shape index (κ3) is 3.91. The maximum absolute atomic E-state index is 11.7. The number of amides is 1. The molecule has 5 heteroatoms. The van der Waals surface area contributed by atoms with Gasteiger partial charge in [-0.3, -0.25) is 9.69 Å². The molecule has 0 unspecified atom stereocenters. The average molecular weight is 318 g/mol. The van der Waals surface area contributed by atoms with Crippen molar-refractivity contribution in [3.63, 3.8) is 0 Å². The Balaban J connectivity index is 1.58. The van der Waals surface area contributed by atoms with Gasteiger partial charge in [-0.15, -0.1) is 0 Å². The van der Waals surface area contributed by atoms with Crippen molar-refractivity contribution in [1.82, 2.24) is 9.80 Å². The zero-order chi connectivity index (χ0) is 16.2. The monoisotopic (exact) mass is 318 g/mol. The minimum absolute atomic E-state index is 0.00500. The lowest BCUT2D eigenvalue weighted by atomic mass is 10.1. The van der Waals surface area contributed by atoms with E-state index in [0.29, 0.717) is 6.04 Å². The summed E-state index contributed by atoms with van der Waals surface area (Å²) in [5.41, 5.74) is 1.33. The van der Waals surface area contributed by atoms with Gasteiger partial charge in [0.1, 0.15) is 6.61 Å². The van der Waals surface area contributed by atoms with Gasteiger partial charge in [0.05, 0.1) is 18.8 Å². The number of likely N-dealkylation sites (N-methyl/N-ethyl adjacent to an activating group) is 1. The molecule has 1 aliphatic heterocycles. The molecule has 0 bridgehead atoms. The Morgan fingerprint density at radius 3 is 2.83 bits per heavy atom. The lowest BCUT2D eigenvalue weighted by Gasteiger charge is -2.39. The maximum atomic E-state index is 11.7. The van der Waals surface area contributed by atoms with Crippen molar-refractivity contribution >= 4 is 5.91 Å². The second kappa shape index (κ2) is 7.43. The molecule has 1 heterocycles. The van der Waals surface area contributed by atoms with Gasteiger partial charge >= 0.3 is 0 Å². The van der Waals surface area contributed by atoms with Crippen LogP contribution in [0.4, 0.5) is 0 Å². The van der Waals surface area contributed by atoms with E-state index in [4.69, 9.17) is 9.47 Å². The van der Waals surface area contributed by atoms with Crippen LogP contribution < -0.4 is 0 Å². The molecule has 5 nitrogen and oxygen atoms in total. The first-order chi connectivity index (χ1) is 11.1. The van der Waals surface area contributed by atoms with Crippen LogP contribution in [0.3, 0.4) is 0 Å². The van der Waals surface area contributed by atoms with Crippen molar-refractivity contribution < 1.29 is 14.3 Å². The molecule has 0 aromatic heterocycles. The zero-order valence-corrected chi connectivity index (χ0v) is 14.0. The van der Waals surface area contributed by atoms with Crippen LogP contribution in [0.5, 0.6) is 0 Å². The Labute approximate surface area is 138 Å². The molecular formula is C18H26N2O3. The van der Waals surface area contributed by atoms with E-state index in [0.717, 1.165) is 32.5 Å². The van der Waals surface area contributed by atoms with Crippen LogP contribution in [0.15, 0.2) is 30.3 Å². The van der Waals surface area contributed by atoms with Gasteiger partial charge in [0, 0.05) is 33.2 Å². The van der Waals surface area contributed by atoms with Crippen LogP contribution in [-0.4, -0.2) is 67.8 Å². The smallest absolute Gasteiger partial charge is 0.248 e. The van der Waals surface area contributed by atoms with E-state index in [1.165, 1.54) is 5.56 Å². The van der Waals surface area contributed by atoms with E-state index < -0.39 is 0 Å². The SMILES string of the molecule is CN(C)C(=O)CO[C@@H]1CC[C@H]2[C@H]1OCCN2Cc1ccccc1. The number of nitrogens with zero attached hydrogens (tertiary/aromatic N) is 2. The van der Waals surface area contributed by atoms with Gasteiger partial charge in [-0.05, 0) is 18.4 Å². The first-order valence-electron chi connectivity index (χ1n) is 8.36. The molecule has 3 rings (SSSR count). The summed E-state index contributed by atoms with van der Waals surface area (Å²) in [5.74, 6) is 0.00500. The number of hydrogen-bond acceptors (Lipinski definition) is 4. The summed E-state index contributed by atoms with van der Waals surface area (Å²) in [4.78, 5) is 15.8. The second-order valence-corrected chi connectivity index (χ2v) is 6.57. The number of carbonyl (C=O) groups excluding carboxylic acids is 1. The van der Waals surface area contributed by atoms with Crippen LogP contribution in [-0.2, 0) is 20.8 Å². The predicted molar refractivity (Wildman–Crippen MR) is 88.0 cm³/mol. The Bertz CT molecular complexity index is 520. The molecule has 0 N–H and O–H groups in total. The molecule has 2 aliphatic rings. The highest BCUT2D eigenvalue weighted by atomic mass is 16.5. The quantitative estimate of drug-likeness (QED) is 0.825.